The normalized spacial score (nSPS) is 14.7. The summed E-state index contributed by atoms with van der Waals surface area (Å²) in [4.78, 5) is 161. The fourth-order valence-corrected chi connectivity index (χ4v) is 8.64. The van der Waals surface area contributed by atoms with Crippen LogP contribution in [0.5, 0.6) is 5.75 Å². The number of guanidine groups is 2. The molecule has 0 saturated heterocycles. The number of carboxylic acid groups (broad SMARTS) is 1. The molecule has 11 amide bonds. The van der Waals surface area contributed by atoms with Crippen LogP contribution in [0.2, 0.25) is 0 Å². The molecule has 1 aromatic carbocycles. The maximum absolute atomic E-state index is 14.4. The lowest BCUT2D eigenvalue weighted by Gasteiger charge is -2.28. The average molecular weight is 1260 g/mol. The van der Waals surface area contributed by atoms with Crippen molar-refractivity contribution >= 4 is 82.9 Å². The standard InChI is InChI=1S/C55H94N18O16/c1-27(2)22-37(44(57)80)69-46(82)35(13-10-20-62-54(58)59)68-50(86)39(24-32-15-17-33(77)18-16-32)70-47(83)34(12-8-9-19-56)66-51(87)40(25-42(78)79)71-53(89)43(30(6)75)73-45(81)29(5)64-52(88)41(26-74)72-48(84)36(14-11-21-63-55(60)61)67-49(85)38(23-28(3)4)65-31(7)76/h15-18,27-30,34-41,43,74-75,77H,8-14,19-26,56H2,1-7H3,(H2,57,80)(H,64,88)(H,65,76)(H,66,87)(H,67,85)(H,68,86)(H,69,82)(H,70,83)(H,71,89)(H,72,84)(H,73,81)(H,78,79)(H4,58,59,62)(H4,60,61,63)/t29-,30+,34-,35-,36-,37-,38?,39-,40-,41-,43-/m0/s1. The molecule has 11 atom stereocenters. The zero-order valence-corrected chi connectivity index (χ0v) is 51.4. The third-order valence-corrected chi connectivity index (χ3v) is 13.2. The van der Waals surface area contributed by atoms with Crippen LogP contribution in [0.15, 0.2) is 24.3 Å². The van der Waals surface area contributed by atoms with Gasteiger partial charge in [-0.15, -0.1) is 0 Å². The summed E-state index contributed by atoms with van der Waals surface area (Å²) in [5.41, 5.74) is 22.5. The van der Waals surface area contributed by atoms with Crippen LogP contribution in [0.25, 0.3) is 0 Å². The number of phenols is 1. The molecular formula is C55H94N18O16. The minimum Gasteiger partial charge on any atom is -0.508 e. The fraction of sp³-hybridized carbons (Fsp3) is 0.636. The molecule has 0 aliphatic heterocycles. The maximum Gasteiger partial charge on any atom is 0.305 e. The number of phenolic OH excluding ortho intramolecular Hbond substituents is 1. The van der Waals surface area contributed by atoms with E-state index in [-0.39, 0.29) is 107 Å². The van der Waals surface area contributed by atoms with Crippen LogP contribution in [-0.2, 0) is 64.0 Å². The molecule has 34 nitrogen and oxygen atoms in total. The Morgan fingerprint density at radius 2 is 0.899 bits per heavy atom. The molecule has 89 heavy (non-hydrogen) atoms. The zero-order chi connectivity index (χ0) is 67.7. The van der Waals surface area contributed by atoms with Crippen LogP contribution in [0.1, 0.15) is 118 Å². The Morgan fingerprint density at radius 1 is 0.494 bits per heavy atom. The Balaban J connectivity index is 3.50. The van der Waals surface area contributed by atoms with Crippen molar-refractivity contribution < 1.29 is 78.0 Å². The van der Waals surface area contributed by atoms with Gasteiger partial charge in [-0.3, -0.25) is 68.4 Å². The van der Waals surface area contributed by atoms with Crippen LogP contribution in [-0.4, -0.2) is 196 Å². The third kappa shape index (κ3) is 31.5. The minimum atomic E-state index is -2.02. The van der Waals surface area contributed by atoms with Crippen LogP contribution in [0, 0.1) is 22.7 Å². The van der Waals surface area contributed by atoms with Crippen LogP contribution >= 0.6 is 0 Å². The van der Waals surface area contributed by atoms with Gasteiger partial charge in [0.15, 0.2) is 11.9 Å². The van der Waals surface area contributed by atoms with E-state index in [4.69, 9.17) is 33.8 Å². The van der Waals surface area contributed by atoms with E-state index in [2.05, 4.69) is 63.8 Å². The number of primary amides is 1. The second-order valence-electron chi connectivity index (χ2n) is 22.2. The number of carbonyl (C=O) groups is 12. The smallest absolute Gasteiger partial charge is 0.305 e. The molecule has 1 unspecified atom stereocenters. The lowest BCUT2D eigenvalue weighted by atomic mass is 10.0. The van der Waals surface area contributed by atoms with Gasteiger partial charge in [0.25, 0.3) is 0 Å². The van der Waals surface area contributed by atoms with Crippen LogP contribution < -0.4 is 86.7 Å². The fourth-order valence-electron chi connectivity index (χ4n) is 8.64. The molecule has 1 aromatic rings. The number of hydrogen-bond donors (Lipinski definition) is 22. The predicted molar refractivity (Wildman–Crippen MR) is 323 cm³/mol. The molecule has 0 fully saturated rings. The second kappa shape index (κ2) is 40.5. The minimum absolute atomic E-state index is 0.0707. The summed E-state index contributed by atoms with van der Waals surface area (Å²) in [6.45, 7) is 9.84. The average Bonchev–Trinajstić information content (AvgIpc) is 2.29. The molecule has 1 rings (SSSR count). The highest BCUT2D eigenvalue weighted by molar-refractivity contribution is 5.99. The van der Waals surface area contributed by atoms with Crippen molar-refractivity contribution in [3.05, 3.63) is 29.8 Å². The van der Waals surface area contributed by atoms with E-state index in [0.717, 1.165) is 13.8 Å². The van der Waals surface area contributed by atoms with Gasteiger partial charge in [0.1, 0.15) is 66.2 Å². The van der Waals surface area contributed by atoms with Gasteiger partial charge in [-0.1, -0.05) is 39.8 Å². The lowest BCUT2D eigenvalue weighted by molar-refractivity contribution is -0.142. The molecule has 500 valence electrons. The van der Waals surface area contributed by atoms with Crippen molar-refractivity contribution in [3.8, 4) is 5.75 Å². The molecule has 0 heterocycles. The number of aliphatic hydroxyl groups is 2. The largest absolute Gasteiger partial charge is 0.508 e. The number of unbranched alkanes of at least 4 members (excludes halogenated alkanes) is 1. The summed E-state index contributed by atoms with van der Waals surface area (Å²) in [6.07, 6.45) is -2.42. The Kier molecular flexibility index (Phi) is 35.6. The van der Waals surface area contributed by atoms with Crippen molar-refractivity contribution in [3.63, 3.8) is 0 Å². The summed E-state index contributed by atoms with van der Waals surface area (Å²) in [6, 6.07) is -9.87. The van der Waals surface area contributed by atoms with E-state index >= 15 is 0 Å². The quantitative estimate of drug-likeness (QED) is 0.0165. The number of amides is 11. The first-order valence-electron chi connectivity index (χ1n) is 29.1. The number of carbonyl (C=O) groups excluding carboxylic acids is 11. The summed E-state index contributed by atoms with van der Waals surface area (Å²) >= 11 is 0. The molecule has 0 aliphatic carbocycles. The number of aliphatic carboxylic acids is 1. The van der Waals surface area contributed by atoms with Crippen molar-refractivity contribution in [2.24, 2.45) is 34.8 Å². The first kappa shape index (κ1) is 78.1. The number of hydrogen-bond acceptors (Lipinski definition) is 18. The highest BCUT2D eigenvalue weighted by Gasteiger charge is 2.37. The first-order valence-corrected chi connectivity index (χ1v) is 29.1. The molecular weight excluding hydrogens is 1170 g/mol. The summed E-state index contributed by atoms with van der Waals surface area (Å²) < 4.78 is 0. The van der Waals surface area contributed by atoms with Gasteiger partial charge in [-0.25, -0.2) is 0 Å². The molecule has 34 heteroatoms. The van der Waals surface area contributed by atoms with E-state index in [1.54, 1.807) is 27.7 Å². The Morgan fingerprint density at radius 3 is 1.33 bits per heavy atom. The van der Waals surface area contributed by atoms with Crippen molar-refractivity contribution in [2.75, 3.05) is 26.2 Å². The summed E-state index contributed by atoms with van der Waals surface area (Å²) in [7, 11) is 0. The number of nitrogens with one attached hydrogen (secondary N) is 14. The van der Waals surface area contributed by atoms with Gasteiger partial charge < -0.3 is 107 Å². The molecule has 0 aliphatic rings. The number of benzene rings is 1. The monoisotopic (exact) mass is 1260 g/mol. The number of nitrogens with two attached hydrogens (primary N) is 4. The number of rotatable bonds is 42. The predicted octanol–water partition coefficient (Wildman–Crippen LogP) is -6.10. The third-order valence-electron chi connectivity index (χ3n) is 13.2. The second-order valence-corrected chi connectivity index (χ2v) is 22.2. The van der Waals surface area contributed by atoms with Gasteiger partial charge in [0, 0.05) is 26.4 Å². The van der Waals surface area contributed by atoms with E-state index < -0.39 is 150 Å². The summed E-state index contributed by atoms with van der Waals surface area (Å²) in [5.74, 6) is -13.4. The molecule has 0 spiro atoms. The Hall–Kier alpha value is -8.92. The Labute approximate surface area is 516 Å². The van der Waals surface area contributed by atoms with Crippen molar-refractivity contribution in [2.45, 2.75) is 186 Å². The maximum atomic E-state index is 14.4. The van der Waals surface area contributed by atoms with E-state index in [1.807, 2.05) is 0 Å². The number of carboxylic acids is 1. The van der Waals surface area contributed by atoms with Crippen LogP contribution in [0.3, 0.4) is 0 Å². The van der Waals surface area contributed by atoms with E-state index in [9.17, 15) is 78.0 Å². The van der Waals surface area contributed by atoms with E-state index in [1.165, 1.54) is 31.2 Å². The lowest BCUT2D eigenvalue weighted by Crippen LogP contribution is -2.62. The van der Waals surface area contributed by atoms with Crippen molar-refractivity contribution in [1.82, 2.24) is 63.8 Å². The SMILES string of the molecule is CC(=O)NC(CC(C)C)C(=O)N[C@@H](CCCNC(=N)N)C(=O)N[C@@H](CO)C(=O)N[C@@H](C)C(=O)N[C@H](C(=O)N[C@@H](CC(=O)O)C(=O)N[C@@H](CCCCN)C(=O)N[C@@H](Cc1ccc(O)cc1)C(=O)N[C@@H](CCCNC(=N)N)C(=O)N[C@@H](CC(C)C)C(N)=O)[C@@H](C)O. The Bertz CT molecular complexity index is 2570. The van der Waals surface area contributed by atoms with Gasteiger partial charge >= 0.3 is 5.97 Å². The topological polar surface area (TPSA) is 582 Å². The van der Waals surface area contributed by atoms with E-state index in [0.29, 0.717) is 12.0 Å². The van der Waals surface area contributed by atoms with Crippen LogP contribution in [0.4, 0.5) is 0 Å². The molecule has 26 N–H and O–H groups in total. The number of aliphatic hydroxyl groups excluding tert-OH is 2. The zero-order valence-electron chi connectivity index (χ0n) is 51.4. The first-order chi connectivity index (χ1) is 41.7. The molecule has 0 saturated carbocycles. The van der Waals surface area contributed by atoms with Gasteiger partial charge in [-0.05, 0) is 108 Å². The van der Waals surface area contributed by atoms with Gasteiger partial charge in [-0.2, -0.15) is 0 Å². The summed E-state index contributed by atoms with van der Waals surface area (Å²) in [5, 5.41) is 85.0. The van der Waals surface area contributed by atoms with Gasteiger partial charge in [0.05, 0.1) is 19.1 Å². The molecule has 0 bridgehead atoms. The van der Waals surface area contributed by atoms with Gasteiger partial charge in [0.2, 0.25) is 65.0 Å². The highest BCUT2D eigenvalue weighted by Crippen LogP contribution is 2.14. The highest BCUT2D eigenvalue weighted by atomic mass is 16.4. The molecule has 0 radical (unpaired) electrons. The van der Waals surface area contributed by atoms with Crippen molar-refractivity contribution in [1.29, 1.82) is 10.8 Å². The molecule has 0 aromatic heterocycles. The number of aromatic hydroxyl groups is 1.